The molecule has 0 N–H and O–H groups in total. The van der Waals surface area contributed by atoms with E-state index in [1.165, 1.54) is 25.1 Å². The average Bonchev–Trinajstić information content (AvgIpc) is 3.15. The zero-order valence-corrected chi connectivity index (χ0v) is 17.6. The monoisotopic (exact) mass is 397 g/mol. The Bertz CT molecular complexity index is 759. The molecule has 6 heteroatoms. The number of likely N-dealkylation sites (tertiary alicyclic amines) is 1. The van der Waals surface area contributed by atoms with Gasteiger partial charge in [0.1, 0.15) is 6.61 Å². The fourth-order valence-electron chi connectivity index (χ4n) is 3.99. The summed E-state index contributed by atoms with van der Waals surface area (Å²) in [7, 11) is 5.47. The quantitative estimate of drug-likeness (QED) is 0.709. The van der Waals surface area contributed by atoms with Gasteiger partial charge in [0, 0.05) is 30.4 Å². The van der Waals surface area contributed by atoms with Crippen LogP contribution in [0.5, 0.6) is 11.5 Å². The molecule has 2 atom stereocenters. The van der Waals surface area contributed by atoms with E-state index in [-0.39, 0.29) is 0 Å². The summed E-state index contributed by atoms with van der Waals surface area (Å²) in [5, 5.41) is 4.34. The van der Waals surface area contributed by atoms with Crippen LogP contribution >= 0.6 is 0 Å². The lowest BCUT2D eigenvalue weighted by atomic mass is 9.84. The lowest BCUT2D eigenvalue weighted by Gasteiger charge is -2.29. The van der Waals surface area contributed by atoms with Crippen molar-refractivity contribution in [2.75, 3.05) is 27.8 Å². The maximum absolute atomic E-state index is 5.47. The summed E-state index contributed by atoms with van der Waals surface area (Å²) in [6, 6.07) is 12.1. The van der Waals surface area contributed by atoms with Gasteiger partial charge >= 0.3 is 0 Å². The number of ether oxygens (including phenoxy) is 2. The number of hydrogen-bond donors (Lipinski definition) is 0. The molecule has 2 aliphatic rings. The first kappa shape index (κ1) is 21.1. The van der Waals surface area contributed by atoms with E-state index in [0.29, 0.717) is 12.6 Å². The number of hydrogen-bond acceptors (Lipinski definition) is 6. The number of pyridine rings is 1. The smallest absolute Gasteiger partial charge is 0.160 e. The van der Waals surface area contributed by atoms with Gasteiger partial charge in [0.25, 0.3) is 0 Å². The highest BCUT2D eigenvalue weighted by molar-refractivity contribution is 5.85. The highest BCUT2D eigenvalue weighted by Crippen LogP contribution is 2.34. The molecule has 0 bridgehead atoms. The number of benzene rings is 1. The van der Waals surface area contributed by atoms with E-state index >= 15 is 0 Å². The molecule has 156 valence electrons. The van der Waals surface area contributed by atoms with Gasteiger partial charge in [0.05, 0.1) is 19.9 Å². The Morgan fingerprint density at radius 2 is 1.83 bits per heavy atom. The highest BCUT2D eigenvalue weighted by atomic mass is 16.6. The van der Waals surface area contributed by atoms with Gasteiger partial charge in [-0.05, 0) is 57.0 Å². The van der Waals surface area contributed by atoms with Gasteiger partial charge in [-0.2, -0.15) is 0 Å². The second-order valence-corrected chi connectivity index (χ2v) is 7.49. The molecule has 6 nitrogen and oxygen atoms in total. The van der Waals surface area contributed by atoms with Crippen molar-refractivity contribution in [2.24, 2.45) is 11.1 Å². The lowest BCUT2D eigenvalue weighted by Crippen LogP contribution is -2.35. The summed E-state index contributed by atoms with van der Waals surface area (Å²) in [6.45, 7) is 1.75. The van der Waals surface area contributed by atoms with Crippen molar-refractivity contribution in [3.05, 3.63) is 54.4 Å². The number of para-hydroxylation sites is 2. The number of oxime groups is 1. The Balaban J connectivity index is 0.000000204. The Hall–Kier alpha value is -2.60. The van der Waals surface area contributed by atoms with E-state index in [0.717, 1.165) is 35.8 Å². The molecule has 1 aromatic heterocycles. The van der Waals surface area contributed by atoms with Crippen molar-refractivity contribution in [3.8, 4) is 11.5 Å². The third kappa shape index (κ3) is 5.94. The molecule has 4 rings (SSSR count). The summed E-state index contributed by atoms with van der Waals surface area (Å²) in [4.78, 5) is 12.0. The number of rotatable bonds is 5. The molecule has 1 aromatic carbocycles. The highest BCUT2D eigenvalue weighted by Gasteiger charge is 2.35. The van der Waals surface area contributed by atoms with Crippen molar-refractivity contribution >= 4 is 5.71 Å². The van der Waals surface area contributed by atoms with E-state index in [9.17, 15) is 0 Å². The topological polar surface area (TPSA) is 56.2 Å². The van der Waals surface area contributed by atoms with Crippen molar-refractivity contribution < 1.29 is 14.3 Å². The molecule has 1 saturated carbocycles. The van der Waals surface area contributed by atoms with Gasteiger partial charge in [-0.3, -0.25) is 4.98 Å². The van der Waals surface area contributed by atoms with Crippen molar-refractivity contribution in [1.29, 1.82) is 0 Å². The normalized spacial score (nSPS) is 22.4. The van der Waals surface area contributed by atoms with Crippen molar-refractivity contribution in [2.45, 2.75) is 38.3 Å². The van der Waals surface area contributed by atoms with Crippen LogP contribution in [0.25, 0.3) is 0 Å². The molecule has 29 heavy (non-hydrogen) atoms. The van der Waals surface area contributed by atoms with Crippen LogP contribution in [0.4, 0.5) is 0 Å². The first-order chi connectivity index (χ1) is 14.2. The van der Waals surface area contributed by atoms with Gasteiger partial charge < -0.3 is 19.2 Å². The summed E-state index contributed by atoms with van der Waals surface area (Å²) in [6.07, 6.45) is 8.39. The van der Waals surface area contributed by atoms with Crippen molar-refractivity contribution in [3.63, 3.8) is 0 Å². The molecule has 0 spiro atoms. The van der Waals surface area contributed by atoms with Crippen LogP contribution in [-0.2, 0) is 11.4 Å². The van der Waals surface area contributed by atoms with E-state index in [1.54, 1.807) is 20.4 Å². The fourth-order valence-corrected chi connectivity index (χ4v) is 3.99. The van der Waals surface area contributed by atoms with Crippen molar-refractivity contribution in [1.82, 2.24) is 9.88 Å². The predicted molar refractivity (Wildman–Crippen MR) is 114 cm³/mol. The largest absolute Gasteiger partial charge is 0.493 e. The van der Waals surface area contributed by atoms with Crippen LogP contribution in [0.15, 0.2) is 53.9 Å². The standard InChI is InChI=1S/C15H21N3O.C8H10O2/c1-18-8-6-13-4-5-14(9-15(13)18)17-19-11-12-3-2-7-16-10-12;1-9-7-5-3-4-6-8(7)10-2/h2-3,7,10,13,15H,4-6,8-9,11H2,1H3;3-6H,1-2H3/b17-14+;. The van der Waals surface area contributed by atoms with E-state index < -0.39 is 0 Å². The summed E-state index contributed by atoms with van der Waals surface area (Å²) >= 11 is 0. The molecule has 2 fully saturated rings. The summed E-state index contributed by atoms with van der Waals surface area (Å²) < 4.78 is 10.0. The number of fused-ring (bicyclic) bond motifs is 1. The minimum Gasteiger partial charge on any atom is -0.493 e. The maximum atomic E-state index is 5.47. The predicted octanol–water partition coefficient (Wildman–Crippen LogP) is 4.16. The van der Waals surface area contributed by atoms with E-state index in [2.05, 4.69) is 22.1 Å². The molecule has 0 radical (unpaired) electrons. The Kier molecular flexibility index (Phi) is 7.87. The molecule has 1 aliphatic carbocycles. The molecular weight excluding hydrogens is 366 g/mol. The summed E-state index contributed by atoms with van der Waals surface area (Å²) in [5.74, 6) is 2.41. The molecule has 1 saturated heterocycles. The maximum Gasteiger partial charge on any atom is 0.160 e. The van der Waals surface area contributed by atoms with Gasteiger partial charge in [0.15, 0.2) is 11.5 Å². The molecule has 2 heterocycles. The minimum absolute atomic E-state index is 0.515. The van der Waals surface area contributed by atoms with Crippen LogP contribution in [0, 0.1) is 5.92 Å². The van der Waals surface area contributed by atoms with Crippen LogP contribution < -0.4 is 9.47 Å². The van der Waals surface area contributed by atoms with Gasteiger partial charge in [-0.15, -0.1) is 0 Å². The Morgan fingerprint density at radius 1 is 1.07 bits per heavy atom. The van der Waals surface area contributed by atoms with E-state index in [4.69, 9.17) is 14.3 Å². The molecule has 0 amide bonds. The average molecular weight is 398 g/mol. The third-order valence-corrected chi connectivity index (χ3v) is 5.65. The zero-order valence-electron chi connectivity index (χ0n) is 17.6. The Morgan fingerprint density at radius 3 is 2.48 bits per heavy atom. The van der Waals surface area contributed by atoms with Gasteiger partial charge in [0.2, 0.25) is 0 Å². The van der Waals surface area contributed by atoms with Crippen LogP contribution in [0.1, 0.15) is 31.2 Å². The first-order valence-corrected chi connectivity index (χ1v) is 10.1. The fraction of sp³-hybridized carbons (Fsp3) is 0.478. The van der Waals surface area contributed by atoms with Gasteiger partial charge in [-0.1, -0.05) is 23.4 Å². The number of nitrogens with zero attached hydrogens (tertiary/aromatic N) is 3. The zero-order chi connectivity index (χ0) is 20.5. The van der Waals surface area contributed by atoms with Crippen LogP contribution in [-0.4, -0.2) is 49.4 Å². The molecule has 2 aromatic rings. The second-order valence-electron chi connectivity index (χ2n) is 7.49. The van der Waals surface area contributed by atoms with Gasteiger partial charge in [-0.25, -0.2) is 0 Å². The SMILES string of the molecule is CN1CCC2CC/C(=N\OCc3cccnc3)CC21.COc1ccccc1OC. The third-order valence-electron chi connectivity index (χ3n) is 5.65. The summed E-state index contributed by atoms with van der Waals surface area (Å²) in [5.41, 5.74) is 2.29. The number of aromatic nitrogens is 1. The molecule has 2 unspecified atom stereocenters. The number of methoxy groups -OCH3 is 2. The second kappa shape index (κ2) is 10.8. The molecular formula is C23H31N3O3. The van der Waals surface area contributed by atoms with Crippen LogP contribution in [0.2, 0.25) is 0 Å². The first-order valence-electron chi connectivity index (χ1n) is 10.1. The minimum atomic E-state index is 0.515. The van der Waals surface area contributed by atoms with Crippen LogP contribution in [0.3, 0.4) is 0 Å². The van der Waals surface area contributed by atoms with E-state index in [1.807, 2.05) is 42.6 Å². The molecule has 1 aliphatic heterocycles. The Labute approximate surface area is 173 Å². The lowest BCUT2D eigenvalue weighted by molar-refractivity contribution is 0.126.